The van der Waals surface area contributed by atoms with Gasteiger partial charge in [-0.3, -0.25) is 0 Å². The summed E-state index contributed by atoms with van der Waals surface area (Å²) in [6.07, 6.45) is 0. The third kappa shape index (κ3) is 2.34. The zero-order valence-electron chi connectivity index (χ0n) is 13.2. The van der Waals surface area contributed by atoms with Gasteiger partial charge in [0.15, 0.2) is 11.5 Å². The molecule has 0 amide bonds. The lowest BCUT2D eigenvalue weighted by molar-refractivity contribution is 0.0693. The molecule has 2 aromatic heterocycles. The van der Waals surface area contributed by atoms with Crippen LogP contribution in [-0.4, -0.2) is 21.0 Å². The van der Waals surface area contributed by atoms with Crippen molar-refractivity contribution in [3.63, 3.8) is 0 Å². The van der Waals surface area contributed by atoms with Crippen LogP contribution in [0.1, 0.15) is 21.6 Å². The standard InChI is InChI=1S/C19H14N2O2S/c1-10-7-11(2)16-13(8-10)17(19(22)23)21-18(20-16)15-9-12-5-3-4-6-14(12)24-15/h3-9H,1-2H3,(H,22,23). The highest BCUT2D eigenvalue weighted by Crippen LogP contribution is 2.33. The number of carboxylic acids is 1. The first-order chi connectivity index (χ1) is 11.5. The quantitative estimate of drug-likeness (QED) is 0.570. The summed E-state index contributed by atoms with van der Waals surface area (Å²) in [4.78, 5) is 21.6. The molecule has 1 N–H and O–H groups in total. The van der Waals surface area contributed by atoms with Crippen LogP contribution in [-0.2, 0) is 0 Å². The van der Waals surface area contributed by atoms with Gasteiger partial charge in [0.05, 0.1) is 10.4 Å². The second-order valence-electron chi connectivity index (χ2n) is 5.83. The van der Waals surface area contributed by atoms with Crippen LogP contribution in [0.3, 0.4) is 0 Å². The number of nitrogens with zero attached hydrogens (tertiary/aromatic N) is 2. The van der Waals surface area contributed by atoms with Crippen LogP contribution in [0.15, 0.2) is 42.5 Å². The number of hydrogen-bond acceptors (Lipinski definition) is 4. The summed E-state index contributed by atoms with van der Waals surface area (Å²) in [5, 5.41) is 11.3. The predicted octanol–water partition coefficient (Wildman–Crippen LogP) is 4.83. The van der Waals surface area contributed by atoms with Crippen LogP contribution in [0, 0.1) is 13.8 Å². The number of hydrogen-bond donors (Lipinski definition) is 1. The van der Waals surface area contributed by atoms with E-state index < -0.39 is 5.97 Å². The molecule has 24 heavy (non-hydrogen) atoms. The van der Waals surface area contributed by atoms with Crippen LogP contribution in [0.2, 0.25) is 0 Å². The molecule has 2 heterocycles. The Hall–Kier alpha value is -2.79. The number of fused-ring (bicyclic) bond motifs is 2. The highest BCUT2D eigenvalue weighted by Gasteiger charge is 2.17. The minimum absolute atomic E-state index is 0.0549. The van der Waals surface area contributed by atoms with Gasteiger partial charge in [0.2, 0.25) is 0 Å². The Morgan fingerprint density at radius 3 is 2.62 bits per heavy atom. The molecule has 4 rings (SSSR count). The van der Waals surface area contributed by atoms with E-state index in [0.717, 1.165) is 26.1 Å². The summed E-state index contributed by atoms with van der Waals surface area (Å²) in [5.74, 6) is -0.567. The van der Waals surface area contributed by atoms with Gasteiger partial charge in [0, 0.05) is 10.1 Å². The van der Waals surface area contributed by atoms with Gasteiger partial charge in [0.25, 0.3) is 0 Å². The maximum Gasteiger partial charge on any atom is 0.355 e. The SMILES string of the molecule is Cc1cc(C)c2nc(-c3cc4ccccc4s3)nc(C(=O)O)c2c1. The van der Waals surface area contributed by atoms with E-state index in [-0.39, 0.29) is 5.69 Å². The number of rotatable bonds is 2. The van der Waals surface area contributed by atoms with E-state index in [9.17, 15) is 9.90 Å². The smallest absolute Gasteiger partial charge is 0.355 e. The molecule has 4 nitrogen and oxygen atoms in total. The molecule has 0 unspecified atom stereocenters. The third-order valence-corrected chi connectivity index (χ3v) is 5.10. The lowest BCUT2D eigenvalue weighted by Gasteiger charge is -2.08. The van der Waals surface area contributed by atoms with Crippen molar-refractivity contribution in [3.8, 4) is 10.7 Å². The average Bonchev–Trinajstić information content (AvgIpc) is 2.98. The molecule has 0 fully saturated rings. The molecule has 0 bridgehead atoms. The second kappa shape index (κ2) is 5.39. The third-order valence-electron chi connectivity index (χ3n) is 3.98. The largest absolute Gasteiger partial charge is 0.476 e. The molecule has 0 aliphatic heterocycles. The van der Waals surface area contributed by atoms with Gasteiger partial charge in [-0.15, -0.1) is 11.3 Å². The average molecular weight is 334 g/mol. The van der Waals surface area contributed by atoms with Crippen molar-refractivity contribution in [1.29, 1.82) is 0 Å². The van der Waals surface area contributed by atoms with Gasteiger partial charge < -0.3 is 5.11 Å². The number of benzene rings is 2. The molecule has 5 heteroatoms. The zero-order chi connectivity index (χ0) is 16.8. The molecule has 0 saturated carbocycles. The fourth-order valence-corrected chi connectivity index (χ4v) is 3.95. The Labute approximate surface area is 142 Å². The van der Waals surface area contributed by atoms with Crippen molar-refractivity contribution in [3.05, 3.63) is 59.3 Å². The van der Waals surface area contributed by atoms with Gasteiger partial charge in [-0.25, -0.2) is 14.8 Å². The lowest BCUT2D eigenvalue weighted by Crippen LogP contribution is -2.05. The number of carboxylic acid groups (broad SMARTS) is 1. The molecule has 2 aromatic carbocycles. The molecule has 0 saturated heterocycles. The Morgan fingerprint density at radius 2 is 1.88 bits per heavy atom. The molecule has 0 spiro atoms. The van der Waals surface area contributed by atoms with Gasteiger partial charge in [-0.2, -0.15) is 0 Å². The summed E-state index contributed by atoms with van der Waals surface area (Å²) < 4.78 is 1.13. The predicted molar refractivity (Wildman–Crippen MR) is 96.8 cm³/mol. The zero-order valence-corrected chi connectivity index (χ0v) is 14.0. The Bertz CT molecular complexity index is 1080. The summed E-state index contributed by atoms with van der Waals surface area (Å²) in [5.41, 5.74) is 2.71. The molecular formula is C19H14N2O2S. The molecule has 118 valence electrons. The fraction of sp³-hybridized carbons (Fsp3) is 0.105. The highest BCUT2D eigenvalue weighted by molar-refractivity contribution is 7.22. The molecule has 0 radical (unpaired) electrons. The van der Waals surface area contributed by atoms with Crippen molar-refractivity contribution in [2.24, 2.45) is 0 Å². The Kier molecular flexibility index (Phi) is 3.32. The van der Waals surface area contributed by atoms with E-state index in [1.807, 2.05) is 56.3 Å². The van der Waals surface area contributed by atoms with Gasteiger partial charge in [-0.1, -0.05) is 29.8 Å². The lowest BCUT2D eigenvalue weighted by atomic mass is 10.1. The fourth-order valence-electron chi connectivity index (χ4n) is 2.95. The minimum atomic E-state index is -1.03. The molecular weight excluding hydrogens is 320 g/mol. The Balaban J connectivity index is 2.04. The van der Waals surface area contributed by atoms with Crippen molar-refractivity contribution >= 4 is 38.3 Å². The van der Waals surface area contributed by atoms with Gasteiger partial charge in [-0.05, 0) is 43.0 Å². The first kappa shape index (κ1) is 14.8. The van der Waals surface area contributed by atoms with Crippen molar-refractivity contribution in [1.82, 2.24) is 9.97 Å². The topological polar surface area (TPSA) is 63.1 Å². The van der Waals surface area contributed by atoms with Crippen molar-refractivity contribution in [2.75, 3.05) is 0 Å². The maximum absolute atomic E-state index is 11.7. The van der Waals surface area contributed by atoms with Gasteiger partial charge >= 0.3 is 5.97 Å². The van der Waals surface area contributed by atoms with E-state index in [0.29, 0.717) is 16.7 Å². The number of carbonyl (C=O) groups is 1. The van der Waals surface area contributed by atoms with Crippen molar-refractivity contribution < 1.29 is 9.90 Å². The van der Waals surface area contributed by atoms with E-state index in [1.165, 1.54) is 0 Å². The van der Waals surface area contributed by atoms with Crippen LogP contribution >= 0.6 is 11.3 Å². The Morgan fingerprint density at radius 1 is 1.08 bits per heavy atom. The molecule has 0 aliphatic rings. The number of aryl methyl sites for hydroxylation is 2. The minimum Gasteiger partial charge on any atom is -0.476 e. The summed E-state index contributed by atoms with van der Waals surface area (Å²) in [7, 11) is 0. The van der Waals surface area contributed by atoms with E-state index in [2.05, 4.69) is 9.97 Å². The van der Waals surface area contributed by atoms with Crippen LogP contribution < -0.4 is 0 Å². The monoisotopic (exact) mass is 334 g/mol. The summed E-state index contributed by atoms with van der Waals surface area (Å²) >= 11 is 1.57. The molecule has 0 aliphatic carbocycles. The van der Waals surface area contributed by atoms with Gasteiger partial charge in [0.1, 0.15) is 0 Å². The summed E-state index contributed by atoms with van der Waals surface area (Å²) in [6, 6.07) is 13.9. The van der Waals surface area contributed by atoms with Crippen molar-refractivity contribution in [2.45, 2.75) is 13.8 Å². The maximum atomic E-state index is 11.7. The van der Waals surface area contributed by atoms with E-state index >= 15 is 0 Å². The van der Waals surface area contributed by atoms with Crippen LogP contribution in [0.5, 0.6) is 0 Å². The second-order valence-corrected chi connectivity index (χ2v) is 6.91. The first-order valence-electron chi connectivity index (χ1n) is 7.54. The summed E-state index contributed by atoms with van der Waals surface area (Å²) in [6.45, 7) is 3.89. The number of aromatic nitrogens is 2. The first-order valence-corrected chi connectivity index (χ1v) is 8.36. The van der Waals surface area contributed by atoms with E-state index in [4.69, 9.17) is 0 Å². The van der Waals surface area contributed by atoms with Crippen LogP contribution in [0.25, 0.3) is 31.7 Å². The van der Waals surface area contributed by atoms with Crippen LogP contribution in [0.4, 0.5) is 0 Å². The normalized spacial score (nSPS) is 11.2. The molecule has 0 atom stereocenters. The molecule has 4 aromatic rings. The number of thiophene rings is 1. The number of aromatic carboxylic acids is 1. The highest BCUT2D eigenvalue weighted by atomic mass is 32.1. The van der Waals surface area contributed by atoms with E-state index in [1.54, 1.807) is 11.3 Å².